The quantitative estimate of drug-likeness (QED) is 0.0261. The van der Waals surface area contributed by atoms with E-state index in [1.54, 1.807) is 0 Å². The van der Waals surface area contributed by atoms with Crippen LogP contribution in [0.1, 0.15) is 355 Å². The van der Waals surface area contributed by atoms with Crippen molar-refractivity contribution in [1.29, 1.82) is 0 Å². The van der Waals surface area contributed by atoms with Crippen LogP contribution in [0.5, 0.6) is 0 Å². The van der Waals surface area contributed by atoms with Crippen LogP contribution >= 0.6 is 0 Å². The Balaban J connectivity index is 4.25. The Morgan fingerprint density at radius 2 is 0.470 bits per heavy atom. The molecule has 83 heavy (non-hydrogen) atoms. The number of esters is 3. The zero-order valence-electron chi connectivity index (χ0n) is 54.9. The summed E-state index contributed by atoms with van der Waals surface area (Å²) in [5.74, 6) is -0.878. The minimum absolute atomic E-state index is 0.0800. The molecule has 0 fully saturated rings. The molecule has 478 valence electrons. The molecule has 0 aromatic heterocycles. The summed E-state index contributed by atoms with van der Waals surface area (Å²) in [5.41, 5.74) is 0. The lowest BCUT2D eigenvalue weighted by atomic mass is 10.0. The summed E-state index contributed by atoms with van der Waals surface area (Å²) in [5, 5.41) is 0. The van der Waals surface area contributed by atoms with E-state index < -0.39 is 6.10 Å². The standard InChI is InChI=1S/C77H134O6/c1-4-7-10-13-16-19-22-25-28-31-32-33-34-35-36-37-38-39-40-41-42-43-44-47-49-52-55-58-61-64-67-70-76(79)82-73-74(83-77(80)71-68-65-62-59-56-53-50-46-30-27-24-21-18-15-12-9-6-3)72-81-75(78)69-66-63-60-57-54-51-48-45-29-26-23-20-17-14-11-8-5-2/h7,10,16-21,25-30,32-33,74H,4-6,8-9,11-15,22-24,31,34-73H2,1-3H3/b10-7-,19-16-,20-17-,21-18-,28-25-,29-26-,30-27-,33-32-. The summed E-state index contributed by atoms with van der Waals surface area (Å²) in [6.07, 6.45) is 95.8. The van der Waals surface area contributed by atoms with Crippen LogP contribution in [0.2, 0.25) is 0 Å². The highest BCUT2D eigenvalue weighted by Gasteiger charge is 2.19. The van der Waals surface area contributed by atoms with Crippen molar-refractivity contribution >= 4 is 17.9 Å². The highest BCUT2D eigenvalue weighted by molar-refractivity contribution is 5.71. The van der Waals surface area contributed by atoms with Gasteiger partial charge in [-0.25, -0.2) is 0 Å². The maximum Gasteiger partial charge on any atom is 0.306 e. The van der Waals surface area contributed by atoms with Gasteiger partial charge in [0.2, 0.25) is 0 Å². The summed E-state index contributed by atoms with van der Waals surface area (Å²) in [4.78, 5) is 38.5. The van der Waals surface area contributed by atoms with Crippen LogP contribution in [0.25, 0.3) is 0 Å². The number of rotatable bonds is 65. The van der Waals surface area contributed by atoms with E-state index in [-0.39, 0.29) is 31.1 Å². The van der Waals surface area contributed by atoms with Crippen molar-refractivity contribution in [2.24, 2.45) is 0 Å². The lowest BCUT2D eigenvalue weighted by molar-refractivity contribution is -0.167. The summed E-state index contributed by atoms with van der Waals surface area (Å²) < 4.78 is 17.0. The molecule has 0 radical (unpaired) electrons. The SMILES string of the molecule is CC/C=C\C/C=C\C/C=C\C/C=C\CCCCCCCCCCCCCCCCCCCCC(=O)OCC(COC(=O)CCCCCCCCC/C=C\C/C=C\CCCCC)OC(=O)CCCCCCCCC/C=C\C/C=C\CCCCC. The first-order valence-corrected chi connectivity index (χ1v) is 35.7. The van der Waals surface area contributed by atoms with Crippen LogP contribution in [0.3, 0.4) is 0 Å². The molecule has 0 spiro atoms. The van der Waals surface area contributed by atoms with Crippen molar-refractivity contribution in [2.75, 3.05) is 13.2 Å². The molecule has 0 saturated carbocycles. The van der Waals surface area contributed by atoms with E-state index in [1.807, 2.05) is 0 Å². The number of unbranched alkanes of at least 4 members (excludes halogenated alkanes) is 38. The molecule has 0 heterocycles. The number of hydrogen-bond donors (Lipinski definition) is 0. The number of hydrogen-bond acceptors (Lipinski definition) is 6. The maximum absolute atomic E-state index is 12.9. The third-order valence-corrected chi connectivity index (χ3v) is 15.5. The normalized spacial score (nSPS) is 12.7. The molecule has 0 amide bonds. The second-order valence-corrected chi connectivity index (χ2v) is 23.8. The topological polar surface area (TPSA) is 78.9 Å². The number of carbonyl (C=O) groups excluding carboxylic acids is 3. The predicted molar refractivity (Wildman–Crippen MR) is 362 cm³/mol. The lowest BCUT2D eigenvalue weighted by Crippen LogP contribution is -2.30. The Hall–Kier alpha value is -3.67. The molecule has 0 aromatic rings. The van der Waals surface area contributed by atoms with Gasteiger partial charge >= 0.3 is 17.9 Å². The van der Waals surface area contributed by atoms with Gasteiger partial charge in [-0.3, -0.25) is 14.4 Å². The molecular weight excluding hydrogens is 1020 g/mol. The first kappa shape index (κ1) is 79.3. The Kier molecular flexibility index (Phi) is 67.7. The van der Waals surface area contributed by atoms with Gasteiger partial charge in [0, 0.05) is 19.3 Å². The van der Waals surface area contributed by atoms with E-state index >= 15 is 0 Å². The molecule has 6 heteroatoms. The number of allylic oxidation sites excluding steroid dienone is 16. The highest BCUT2D eigenvalue weighted by atomic mass is 16.6. The van der Waals surface area contributed by atoms with Gasteiger partial charge in [-0.2, -0.15) is 0 Å². The molecular formula is C77H134O6. The summed E-state index contributed by atoms with van der Waals surface area (Å²) in [6, 6.07) is 0. The van der Waals surface area contributed by atoms with Crippen LogP contribution < -0.4 is 0 Å². The van der Waals surface area contributed by atoms with Crippen molar-refractivity contribution < 1.29 is 28.6 Å². The van der Waals surface area contributed by atoms with Crippen molar-refractivity contribution in [2.45, 2.75) is 361 Å². The van der Waals surface area contributed by atoms with Gasteiger partial charge in [0.1, 0.15) is 13.2 Å². The molecule has 6 nitrogen and oxygen atoms in total. The summed E-state index contributed by atoms with van der Waals surface area (Å²) in [7, 11) is 0. The fourth-order valence-corrected chi connectivity index (χ4v) is 10.2. The van der Waals surface area contributed by atoms with Crippen LogP contribution in [0.4, 0.5) is 0 Å². The third kappa shape index (κ3) is 69.0. The van der Waals surface area contributed by atoms with E-state index in [2.05, 4.69) is 118 Å². The van der Waals surface area contributed by atoms with Crippen LogP contribution in [0, 0.1) is 0 Å². The fraction of sp³-hybridized carbons (Fsp3) is 0.753. The average molecular weight is 1160 g/mol. The summed E-state index contributed by atoms with van der Waals surface area (Å²) >= 11 is 0. The minimum atomic E-state index is -0.786. The smallest absolute Gasteiger partial charge is 0.306 e. The number of carbonyl (C=O) groups is 3. The van der Waals surface area contributed by atoms with Crippen molar-refractivity contribution in [1.82, 2.24) is 0 Å². The van der Waals surface area contributed by atoms with E-state index in [0.717, 1.165) is 109 Å². The number of ether oxygens (including phenoxy) is 3. The van der Waals surface area contributed by atoms with Gasteiger partial charge in [0.25, 0.3) is 0 Å². The molecule has 0 bridgehead atoms. The molecule has 1 unspecified atom stereocenters. The first-order chi connectivity index (χ1) is 41.0. The van der Waals surface area contributed by atoms with Crippen LogP contribution in [-0.2, 0) is 28.6 Å². The molecule has 0 N–H and O–H groups in total. The maximum atomic E-state index is 12.9. The van der Waals surface area contributed by atoms with E-state index in [0.29, 0.717) is 19.3 Å². The van der Waals surface area contributed by atoms with Gasteiger partial charge in [0.05, 0.1) is 0 Å². The van der Waals surface area contributed by atoms with Crippen molar-refractivity contribution in [3.8, 4) is 0 Å². The Labute approximate surface area is 515 Å². The molecule has 0 rings (SSSR count). The fourth-order valence-electron chi connectivity index (χ4n) is 10.2. The molecule has 1 atom stereocenters. The molecule has 0 aliphatic carbocycles. The third-order valence-electron chi connectivity index (χ3n) is 15.5. The molecule has 0 saturated heterocycles. The van der Waals surface area contributed by atoms with Crippen molar-refractivity contribution in [3.05, 3.63) is 97.2 Å². The van der Waals surface area contributed by atoms with Gasteiger partial charge in [-0.1, -0.05) is 311 Å². The van der Waals surface area contributed by atoms with E-state index in [4.69, 9.17) is 14.2 Å². The van der Waals surface area contributed by atoms with Crippen molar-refractivity contribution in [3.63, 3.8) is 0 Å². The largest absolute Gasteiger partial charge is 0.462 e. The van der Waals surface area contributed by atoms with E-state index in [1.165, 1.54) is 205 Å². The van der Waals surface area contributed by atoms with Gasteiger partial charge in [-0.15, -0.1) is 0 Å². The first-order valence-electron chi connectivity index (χ1n) is 35.7. The predicted octanol–water partition coefficient (Wildman–Crippen LogP) is 24.8. The van der Waals surface area contributed by atoms with E-state index in [9.17, 15) is 14.4 Å². The molecule has 0 aliphatic rings. The Bertz CT molecular complexity index is 1610. The molecule has 0 aromatic carbocycles. The van der Waals surface area contributed by atoms with Gasteiger partial charge < -0.3 is 14.2 Å². The second-order valence-electron chi connectivity index (χ2n) is 23.8. The zero-order valence-corrected chi connectivity index (χ0v) is 54.9. The zero-order chi connectivity index (χ0) is 59.9. The second kappa shape index (κ2) is 70.8. The Morgan fingerprint density at radius 1 is 0.253 bits per heavy atom. The minimum Gasteiger partial charge on any atom is -0.462 e. The highest BCUT2D eigenvalue weighted by Crippen LogP contribution is 2.17. The van der Waals surface area contributed by atoms with Gasteiger partial charge in [-0.05, 0) is 122 Å². The van der Waals surface area contributed by atoms with Crippen LogP contribution in [-0.4, -0.2) is 37.2 Å². The average Bonchev–Trinajstić information content (AvgIpc) is 3.49. The Morgan fingerprint density at radius 3 is 0.735 bits per heavy atom. The van der Waals surface area contributed by atoms with Gasteiger partial charge in [0.15, 0.2) is 6.10 Å². The lowest BCUT2D eigenvalue weighted by Gasteiger charge is -2.18. The monoisotopic (exact) mass is 1160 g/mol. The summed E-state index contributed by atoms with van der Waals surface area (Å²) in [6.45, 7) is 6.51. The van der Waals surface area contributed by atoms with Crippen LogP contribution in [0.15, 0.2) is 97.2 Å². The molecule has 0 aliphatic heterocycles.